The Kier molecular flexibility index (Phi) is 3.48. The first kappa shape index (κ1) is 12.8. The first-order valence-electron chi connectivity index (χ1n) is 6.80. The molecule has 1 atom stereocenters. The van der Waals surface area contributed by atoms with E-state index in [1.807, 2.05) is 36.4 Å². The Morgan fingerprint density at radius 3 is 3.00 bits per heavy atom. The number of carbonyl (C=O) groups is 1. The first-order valence-corrected chi connectivity index (χ1v) is 6.80. The summed E-state index contributed by atoms with van der Waals surface area (Å²) in [4.78, 5) is 18.2. The predicted molar refractivity (Wildman–Crippen MR) is 79.9 cm³/mol. The van der Waals surface area contributed by atoms with E-state index < -0.39 is 0 Å². The molecule has 0 unspecified atom stereocenters. The minimum atomic E-state index is 0.0193. The number of para-hydroxylation sites is 1. The summed E-state index contributed by atoms with van der Waals surface area (Å²) in [6.07, 6.45) is 6.10. The Bertz CT molecular complexity index is 660. The van der Waals surface area contributed by atoms with E-state index in [-0.39, 0.29) is 11.9 Å². The number of nitrogens with zero attached hydrogens (tertiary/aromatic N) is 2. The Morgan fingerprint density at radius 1 is 1.35 bits per heavy atom. The van der Waals surface area contributed by atoms with Gasteiger partial charge in [0.15, 0.2) is 0 Å². The summed E-state index contributed by atoms with van der Waals surface area (Å²) >= 11 is 0. The van der Waals surface area contributed by atoms with Crippen LogP contribution < -0.4 is 5.73 Å². The molecule has 1 aromatic heterocycles. The van der Waals surface area contributed by atoms with E-state index in [2.05, 4.69) is 4.98 Å². The van der Waals surface area contributed by atoms with Gasteiger partial charge in [0.25, 0.3) is 0 Å². The van der Waals surface area contributed by atoms with Crippen molar-refractivity contribution in [3.63, 3.8) is 0 Å². The molecule has 0 saturated carbocycles. The molecule has 1 amide bonds. The predicted octanol–water partition coefficient (Wildman–Crippen LogP) is 1.81. The number of fused-ring (bicyclic) bond motifs is 1. The molecule has 3 rings (SSSR count). The molecule has 102 valence electrons. The topological polar surface area (TPSA) is 59.2 Å². The SMILES string of the molecule is N[C@H]1CCN(C(=O)C=Cc2cccc3cccnc23)C1. The molecule has 2 heterocycles. The lowest BCUT2D eigenvalue weighted by Crippen LogP contribution is -2.30. The smallest absolute Gasteiger partial charge is 0.246 e. The number of aromatic nitrogens is 1. The Labute approximate surface area is 117 Å². The van der Waals surface area contributed by atoms with Crippen LogP contribution >= 0.6 is 0 Å². The molecule has 1 saturated heterocycles. The van der Waals surface area contributed by atoms with Crippen molar-refractivity contribution in [3.8, 4) is 0 Å². The maximum Gasteiger partial charge on any atom is 0.246 e. The van der Waals surface area contributed by atoms with Gasteiger partial charge in [-0.05, 0) is 18.6 Å². The van der Waals surface area contributed by atoms with Crippen LogP contribution in [0.2, 0.25) is 0 Å². The van der Waals surface area contributed by atoms with Crippen molar-refractivity contribution < 1.29 is 4.79 Å². The van der Waals surface area contributed by atoms with Crippen LogP contribution in [0.1, 0.15) is 12.0 Å². The second-order valence-corrected chi connectivity index (χ2v) is 5.09. The molecule has 4 nitrogen and oxygen atoms in total. The molecule has 0 radical (unpaired) electrons. The minimum absolute atomic E-state index is 0.0193. The zero-order valence-corrected chi connectivity index (χ0v) is 11.2. The minimum Gasteiger partial charge on any atom is -0.338 e. The summed E-state index contributed by atoms with van der Waals surface area (Å²) in [6.45, 7) is 1.40. The molecular weight excluding hydrogens is 250 g/mol. The van der Waals surface area contributed by atoms with Crippen molar-refractivity contribution in [2.24, 2.45) is 5.73 Å². The number of nitrogens with two attached hydrogens (primary N) is 1. The molecule has 2 aromatic rings. The van der Waals surface area contributed by atoms with E-state index in [1.54, 1.807) is 17.2 Å². The molecule has 1 fully saturated rings. The van der Waals surface area contributed by atoms with Crippen LogP contribution in [0.4, 0.5) is 0 Å². The maximum atomic E-state index is 12.1. The summed E-state index contributed by atoms with van der Waals surface area (Å²) in [5.41, 5.74) is 7.69. The number of amides is 1. The quantitative estimate of drug-likeness (QED) is 0.844. The molecule has 1 aliphatic heterocycles. The van der Waals surface area contributed by atoms with Crippen molar-refractivity contribution in [2.45, 2.75) is 12.5 Å². The summed E-state index contributed by atoms with van der Waals surface area (Å²) in [5, 5.41) is 1.07. The summed E-state index contributed by atoms with van der Waals surface area (Å²) < 4.78 is 0. The number of rotatable bonds is 2. The Morgan fingerprint density at radius 2 is 2.20 bits per heavy atom. The van der Waals surface area contributed by atoms with Crippen LogP contribution in [-0.2, 0) is 4.79 Å². The maximum absolute atomic E-state index is 12.1. The van der Waals surface area contributed by atoms with E-state index in [0.717, 1.165) is 29.4 Å². The standard InChI is InChI=1S/C16H17N3O/c17-14-8-10-19(11-14)15(20)7-6-13-4-1-3-12-5-2-9-18-16(12)13/h1-7,9,14H,8,10-11,17H2/t14-/m0/s1. The fraction of sp³-hybridized carbons (Fsp3) is 0.250. The second-order valence-electron chi connectivity index (χ2n) is 5.09. The molecule has 2 N–H and O–H groups in total. The highest BCUT2D eigenvalue weighted by Gasteiger charge is 2.21. The van der Waals surface area contributed by atoms with Crippen molar-refractivity contribution >= 4 is 22.9 Å². The molecule has 0 spiro atoms. The fourth-order valence-corrected chi connectivity index (χ4v) is 2.52. The largest absolute Gasteiger partial charge is 0.338 e. The van der Waals surface area contributed by atoms with Crippen LogP contribution in [0.5, 0.6) is 0 Å². The molecule has 1 aliphatic rings. The molecule has 0 bridgehead atoms. The van der Waals surface area contributed by atoms with Crippen LogP contribution in [0, 0.1) is 0 Å². The molecule has 0 aliphatic carbocycles. The fourth-order valence-electron chi connectivity index (χ4n) is 2.52. The lowest BCUT2D eigenvalue weighted by atomic mass is 10.1. The van der Waals surface area contributed by atoms with Gasteiger partial charge in [0, 0.05) is 42.4 Å². The van der Waals surface area contributed by atoms with Gasteiger partial charge in [-0.15, -0.1) is 0 Å². The third-order valence-corrected chi connectivity index (χ3v) is 3.61. The Balaban J connectivity index is 1.82. The third kappa shape index (κ3) is 2.56. The average molecular weight is 267 g/mol. The van der Waals surface area contributed by atoms with Crippen molar-refractivity contribution in [1.82, 2.24) is 9.88 Å². The lowest BCUT2D eigenvalue weighted by molar-refractivity contribution is -0.124. The van der Waals surface area contributed by atoms with E-state index in [4.69, 9.17) is 5.73 Å². The first-order chi connectivity index (χ1) is 9.74. The average Bonchev–Trinajstić information content (AvgIpc) is 2.91. The molecule has 4 heteroatoms. The van der Waals surface area contributed by atoms with Gasteiger partial charge in [-0.1, -0.05) is 24.3 Å². The van der Waals surface area contributed by atoms with E-state index in [0.29, 0.717) is 6.54 Å². The van der Waals surface area contributed by atoms with Crippen LogP contribution in [0.15, 0.2) is 42.6 Å². The second kappa shape index (κ2) is 5.43. The van der Waals surface area contributed by atoms with Crippen molar-refractivity contribution in [2.75, 3.05) is 13.1 Å². The van der Waals surface area contributed by atoms with E-state index in [1.165, 1.54) is 0 Å². The van der Waals surface area contributed by atoms with Gasteiger partial charge >= 0.3 is 0 Å². The van der Waals surface area contributed by atoms with Gasteiger partial charge in [0.1, 0.15) is 0 Å². The van der Waals surface area contributed by atoms with E-state index in [9.17, 15) is 4.79 Å². The highest BCUT2D eigenvalue weighted by Crippen LogP contribution is 2.17. The van der Waals surface area contributed by atoms with Gasteiger partial charge in [-0.3, -0.25) is 9.78 Å². The van der Waals surface area contributed by atoms with Gasteiger partial charge in [-0.2, -0.15) is 0 Å². The molecule has 1 aromatic carbocycles. The zero-order valence-electron chi connectivity index (χ0n) is 11.2. The van der Waals surface area contributed by atoms with Gasteiger partial charge < -0.3 is 10.6 Å². The van der Waals surface area contributed by atoms with Crippen LogP contribution in [0.3, 0.4) is 0 Å². The number of carbonyl (C=O) groups excluding carboxylic acids is 1. The van der Waals surface area contributed by atoms with Gasteiger partial charge in [-0.25, -0.2) is 0 Å². The molecule has 20 heavy (non-hydrogen) atoms. The number of pyridine rings is 1. The van der Waals surface area contributed by atoms with Crippen LogP contribution in [0.25, 0.3) is 17.0 Å². The monoisotopic (exact) mass is 267 g/mol. The number of hydrogen-bond acceptors (Lipinski definition) is 3. The number of benzene rings is 1. The van der Waals surface area contributed by atoms with Gasteiger partial charge in [0.05, 0.1) is 5.52 Å². The Hall–Kier alpha value is -2.20. The van der Waals surface area contributed by atoms with E-state index >= 15 is 0 Å². The zero-order chi connectivity index (χ0) is 13.9. The summed E-state index contributed by atoms with van der Waals surface area (Å²) in [6, 6.07) is 10.00. The lowest BCUT2D eigenvalue weighted by Gasteiger charge is -2.12. The number of likely N-dealkylation sites (tertiary alicyclic amines) is 1. The normalized spacial score (nSPS) is 19.1. The number of hydrogen-bond donors (Lipinski definition) is 1. The highest BCUT2D eigenvalue weighted by atomic mass is 16.2. The van der Waals surface area contributed by atoms with Crippen molar-refractivity contribution in [1.29, 1.82) is 0 Å². The summed E-state index contributed by atoms with van der Waals surface area (Å²) in [7, 11) is 0. The highest BCUT2D eigenvalue weighted by molar-refractivity contribution is 5.95. The molecular formula is C16H17N3O. The van der Waals surface area contributed by atoms with Crippen molar-refractivity contribution in [3.05, 3.63) is 48.2 Å². The summed E-state index contributed by atoms with van der Waals surface area (Å²) in [5.74, 6) is 0.0193. The van der Waals surface area contributed by atoms with Crippen LogP contribution in [-0.4, -0.2) is 34.9 Å². The van der Waals surface area contributed by atoms with Gasteiger partial charge in [0.2, 0.25) is 5.91 Å². The third-order valence-electron chi connectivity index (χ3n) is 3.61.